The summed E-state index contributed by atoms with van der Waals surface area (Å²) < 4.78 is 23.4. The Bertz CT molecular complexity index is 86.5. The van der Waals surface area contributed by atoms with Crippen LogP contribution in [0, 0.1) is 0 Å². The largest absolute Gasteiger partial charge is 0.319 e. The molecular weight excluding hydrogens is 198 g/mol. The molecule has 0 aromatic carbocycles. The lowest BCUT2D eigenvalue weighted by Crippen LogP contribution is -1.96. The lowest BCUT2D eigenvalue weighted by atomic mass is 10.5. The van der Waals surface area contributed by atoms with Gasteiger partial charge >= 0.3 is 4.83 Å². The van der Waals surface area contributed by atoms with E-state index in [1.54, 1.807) is 0 Å². The fraction of sp³-hybridized carbons (Fsp3) is 0.500. The van der Waals surface area contributed by atoms with E-state index in [1.807, 2.05) is 0 Å². The van der Waals surface area contributed by atoms with Crippen molar-refractivity contribution in [2.75, 3.05) is 5.75 Å². The topological polar surface area (TPSA) is 0 Å². The molecule has 0 saturated heterocycles. The Hall–Kier alpha value is 0.430. The Morgan fingerprint density at radius 3 is 2.25 bits per heavy atom. The van der Waals surface area contributed by atoms with Gasteiger partial charge in [-0.3, -0.25) is 0 Å². The molecule has 0 bridgehead atoms. The first-order valence-corrected chi connectivity index (χ1v) is 3.34. The molecule has 0 fully saturated rings. The van der Waals surface area contributed by atoms with Gasteiger partial charge in [0.15, 0.2) is 0 Å². The van der Waals surface area contributed by atoms with Gasteiger partial charge in [-0.15, -0.1) is 0 Å². The number of alkyl halides is 3. The first kappa shape index (κ1) is 8.43. The number of rotatable bonds is 2. The summed E-state index contributed by atoms with van der Waals surface area (Å²) in [5, 5.41) is 0. The van der Waals surface area contributed by atoms with Crippen molar-refractivity contribution in [2.24, 2.45) is 0 Å². The van der Waals surface area contributed by atoms with E-state index in [9.17, 15) is 8.78 Å². The maximum Gasteiger partial charge on any atom is 0.319 e. The van der Waals surface area contributed by atoms with Crippen LogP contribution in [0.4, 0.5) is 8.78 Å². The number of halogens is 3. The lowest BCUT2D eigenvalue weighted by Gasteiger charge is -1.96. The highest BCUT2D eigenvalue weighted by atomic mass is 79.9. The average Bonchev–Trinajstić information content (AvgIpc) is 1.59. The van der Waals surface area contributed by atoms with E-state index < -0.39 is 4.83 Å². The van der Waals surface area contributed by atoms with Gasteiger partial charge in [-0.2, -0.15) is 21.4 Å². The van der Waals surface area contributed by atoms with Crippen LogP contribution in [0.1, 0.15) is 0 Å². The molecule has 0 heterocycles. The Morgan fingerprint density at radius 1 is 1.62 bits per heavy atom. The first-order chi connectivity index (χ1) is 3.56. The summed E-state index contributed by atoms with van der Waals surface area (Å²) in [7, 11) is 0. The van der Waals surface area contributed by atoms with Crippen molar-refractivity contribution >= 4 is 28.6 Å². The summed E-state index contributed by atoms with van der Waals surface area (Å²) in [5.41, 5.74) is 0. The number of hydrogen-bond donors (Lipinski definition) is 1. The monoisotopic (exact) mass is 202 g/mol. The van der Waals surface area contributed by atoms with E-state index in [1.165, 1.54) is 6.08 Å². The van der Waals surface area contributed by atoms with Crippen LogP contribution in [0.15, 0.2) is 12.2 Å². The maximum atomic E-state index is 11.7. The van der Waals surface area contributed by atoms with Crippen molar-refractivity contribution in [3.05, 3.63) is 12.2 Å². The second kappa shape index (κ2) is 3.45. The van der Waals surface area contributed by atoms with Crippen LogP contribution in [-0.4, -0.2) is 10.6 Å². The molecule has 0 rings (SSSR count). The SMILES string of the molecule is FC(F)(Br)C=CCS. The van der Waals surface area contributed by atoms with Crippen LogP contribution in [-0.2, 0) is 0 Å². The minimum atomic E-state index is -2.87. The smallest absolute Gasteiger partial charge is 0.189 e. The molecule has 0 aliphatic heterocycles. The molecule has 0 N–H and O–H groups in total. The van der Waals surface area contributed by atoms with Crippen LogP contribution in [0.5, 0.6) is 0 Å². The van der Waals surface area contributed by atoms with Gasteiger partial charge in [0, 0.05) is 5.75 Å². The van der Waals surface area contributed by atoms with Crippen molar-refractivity contribution in [1.29, 1.82) is 0 Å². The van der Waals surface area contributed by atoms with E-state index in [2.05, 4.69) is 28.6 Å². The third-order valence-electron chi connectivity index (χ3n) is 0.412. The van der Waals surface area contributed by atoms with Crippen molar-refractivity contribution < 1.29 is 8.78 Å². The minimum absolute atomic E-state index is 0.335. The second-order valence-electron chi connectivity index (χ2n) is 1.13. The molecule has 48 valence electrons. The molecular formula is C4H5BrF2S. The van der Waals surface area contributed by atoms with Crippen molar-refractivity contribution in [3.63, 3.8) is 0 Å². The van der Waals surface area contributed by atoms with Crippen molar-refractivity contribution in [3.8, 4) is 0 Å². The highest BCUT2D eigenvalue weighted by molar-refractivity contribution is 9.10. The molecule has 4 heteroatoms. The van der Waals surface area contributed by atoms with Gasteiger partial charge in [0.2, 0.25) is 0 Å². The van der Waals surface area contributed by atoms with Crippen LogP contribution < -0.4 is 0 Å². The quantitative estimate of drug-likeness (QED) is 0.397. The highest BCUT2D eigenvalue weighted by Crippen LogP contribution is 2.22. The van der Waals surface area contributed by atoms with E-state index in [-0.39, 0.29) is 0 Å². The van der Waals surface area contributed by atoms with Gasteiger partial charge in [-0.05, 0) is 22.0 Å². The molecule has 0 radical (unpaired) electrons. The summed E-state index contributed by atoms with van der Waals surface area (Å²) in [6.07, 6.45) is 2.03. The Kier molecular flexibility index (Phi) is 3.64. The number of thiol groups is 1. The van der Waals surface area contributed by atoms with Crippen LogP contribution in [0.2, 0.25) is 0 Å². The molecule has 0 aliphatic carbocycles. The van der Waals surface area contributed by atoms with Gasteiger partial charge in [0.05, 0.1) is 0 Å². The normalized spacial score (nSPS) is 13.0. The lowest BCUT2D eigenvalue weighted by molar-refractivity contribution is 0.171. The number of hydrogen-bond acceptors (Lipinski definition) is 1. The molecule has 0 spiro atoms. The minimum Gasteiger partial charge on any atom is -0.189 e. The third kappa shape index (κ3) is 6.43. The molecule has 0 unspecified atom stereocenters. The van der Waals surface area contributed by atoms with E-state index in [0.29, 0.717) is 5.75 Å². The third-order valence-corrected chi connectivity index (χ3v) is 0.887. The zero-order chi connectivity index (χ0) is 6.62. The van der Waals surface area contributed by atoms with Crippen LogP contribution in [0.25, 0.3) is 0 Å². The van der Waals surface area contributed by atoms with E-state index in [4.69, 9.17) is 0 Å². The highest BCUT2D eigenvalue weighted by Gasteiger charge is 2.17. The molecule has 0 aromatic rings. The van der Waals surface area contributed by atoms with Crippen molar-refractivity contribution in [2.45, 2.75) is 4.83 Å². The van der Waals surface area contributed by atoms with E-state index >= 15 is 0 Å². The van der Waals surface area contributed by atoms with Crippen LogP contribution in [0.3, 0.4) is 0 Å². The zero-order valence-corrected chi connectivity index (χ0v) is 6.42. The summed E-state index contributed by atoms with van der Waals surface area (Å²) in [4.78, 5) is -2.87. The second-order valence-corrected chi connectivity index (χ2v) is 2.55. The fourth-order valence-corrected chi connectivity index (χ4v) is 0.479. The summed E-state index contributed by atoms with van der Waals surface area (Å²) in [6, 6.07) is 0. The predicted octanol–water partition coefficient (Wildman–Crippen LogP) is 2.46. The standard InChI is InChI=1S/C4H5BrF2S/c5-4(6,7)2-1-3-8/h1-2,8H,3H2. The molecule has 0 saturated carbocycles. The average molecular weight is 203 g/mol. The summed E-state index contributed by atoms with van der Waals surface area (Å²) in [6.45, 7) is 0. The zero-order valence-electron chi connectivity index (χ0n) is 3.94. The first-order valence-electron chi connectivity index (χ1n) is 1.91. The molecule has 0 aromatic heterocycles. The summed E-state index contributed by atoms with van der Waals surface area (Å²) in [5.74, 6) is 0.335. The molecule has 0 nitrogen and oxygen atoms in total. The number of allylic oxidation sites excluding steroid dienone is 1. The van der Waals surface area contributed by atoms with Gasteiger partial charge in [0.25, 0.3) is 0 Å². The summed E-state index contributed by atoms with van der Waals surface area (Å²) >= 11 is 5.82. The predicted molar refractivity (Wildman–Crippen MR) is 36.9 cm³/mol. The molecule has 0 atom stereocenters. The van der Waals surface area contributed by atoms with Crippen LogP contribution >= 0.6 is 28.6 Å². The van der Waals surface area contributed by atoms with E-state index in [0.717, 1.165) is 6.08 Å². The maximum absolute atomic E-state index is 11.7. The Morgan fingerprint density at radius 2 is 2.12 bits per heavy atom. The Labute approximate surface area is 60.5 Å². The van der Waals surface area contributed by atoms with Gasteiger partial charge in [0.1, 0.15) is 0 Å². The van der Waals surface area contributed by atoms with Gasteiger partial charge in [-0.25, -0.2) is 0 Å². The molecule has 0 amide bonds. The van der Waals surface area contributed by atoms with Gasteiger partial charge in [-0.1, -0.05) is 6.08 Å². The fourth-order valence-electron chi connectivity index (χ4n) is 0.186. The Balaban J connectivity index is 3.52. The molecule has 8 heavy (non-hydrogen) atoms. The van der Waals surface area contributed by atoms with Gasteiger partial charge < -0.3 is 0 Å². The molecule has 0 aliphatic rings. The van der Waals surface area contributed by atoms with Crippen molar-refractivity contribution in [1.82, 2.24) is 0 Å².